The van der Waals surface area contributed by atoms with Crippen LogP contribution in [0.4, 0.5) is 16.4 Å². The van der Waals surface area contributed by atoms with Gasteiger partial charge in [-0.25, -0.2) is 14.5 Å². The second-order valence-electron chi connectivity index (χ2n) is 8.42. The van der Waals surface area contributed by atoms with Crippen LogP contribution in [0.2, 0.25) is 0 Å². The van der Waals surface area contributed by atoms with Crippen LogP contribution in [0.5, 0.6) is 0 Å². The van der Waals surface area contributed by atoms with Crippen molar-refractivity contribution in [3.63, 3.8) is 0 Å². The summed E-state index contributed by atoms with van der Waals surface area (Å²) in [5.41, 5.74) is 8.71. The van der Waals surface area contributed by atoms with E-state index in [1.54, 1.807) is 35.2 Å². The number of aromatic nitrogens is 5. The second-order valence-corrected chi connectivity index (χ2v) is 8.42. The summed E-state index contributed by atoms with van der Waals surface area (Å²) in [5, 5.41) is 18.0. The number of rotatable bonds is 5. The molecule has 3 heterocycles. The predicted octanol–water partition coefficient (Wildman–Crippen LogP) is 3.64. The number of furan rings is 1. The van der Waals surface area contributed by atoms with E-state index in [-0.39, 0.29) is 11.4 Å². The van der Waals surface area contributed by atoms with Crippen molar-refractivity contribution in [1.29, 1.82) is 0 Å². The average molecular weight is 421 g/mol. The Labute approximate surface area is 178 Å². The molecule has 0 aliphatic heterocycles. The van der Waals surface area contributed by atoms with E-state index in [4.69, 9.17) is 10.2 Å². The first-order valence-electron chi connectivity index (χ1n) is 9.71. The number of benzene rings is 1. The van der Waals surface area contributed by atoms with Crippen molar-refractivity contribution in [1.82, 2.24) is 25.0 Å². The Morgan fingerprint density at radius 2 is 1.94 bits per heavy atom. The molecule has 0 saturated carbocycles. The summed E-state index contributed by atoms with van der Waals surface area (Å²) < 4.78 is 7.05. The molecule has 0 atom stereocenters. The van der Waals surface area contributed by atoms with Crippen LogP contribution in [0.15, 0.2) is 47.1 Å². The van der Waals surface area contributed by atoms with Gasteiger partial charge in [0, 0.05) is 12.2 Å². The third-order valence-corrected chi connectivity index (χ3v) is 4.58. The van der Waals surface area contributed by atoms with Crippen LogP contribution in [0, 0.1) is 5.41 Å². The van der Waals surface area contributed by atoms with Gasteiger partial charge in [-0.1, -0.05) is 38.1 Å². The third kappa shape index (κ3) is 4.32. The minimum absolute atomic E-state index is 0.0945. The van der Waals surface area contributed by atoms with Gasteiger partial charge in [0.2, 0.25) is 5.95 Å². The van der Waals surface area contributed by atoms with Crippen molar-refractivity contribution in [2.45, 2.75) is 27.3 Å². The Kier molecular flexibility index (Phi) is 5.05. The fourth-order valence-electron chi connectivity index (χ4n) is 3.26. The zero-order valence-electron chi connectivity index (χ0n) is 17.5. The quantitative estimate of drug-likeness (QED) is 0.498. The summed E-state index contributed by atoms with van der Waals surface area (Å²) in [4.78, 5) is 21.6. The molecule has 10 heteroatoms. The molecule has 10 nitrogen and oxygen atoms in total. The molecule has 3 aromatic heterocycles. The van der Waals surface area contributed by atoms with Crippen molar-refractivity contribution < 1.29 is 14.3 Å². The molecule has 0 aliphatic rings. The zero-order valence-corrected chi connectivity index (χ0v) is 17.5. The molecule has 1 amide bonds. The summed E-state index contributed by atoms with van der Waals surface area (Å²) in [7, 11) is 0. The van der Waals surface area contributed by atoms with Gasteiger partial charge in [0.25, 0.3) is 0 Å². The number of anilines is 2. The minimum Gasteiger partial charge on any atom is -0.465 e. The van der Waals surface area contributed by atoms with Gasteiger partial charge in [0.15, 0.2) is 16.9 Å². The van der Waals surface area contributed by atoms with Crippen LogP contribution >= 0.6 is 0 Å². The SMILES string of the molecule is CC(C)(C)CN(C(=O)O)c1ccc(Cn2nnc3c(-c4ccco4)nc(N)nc32)cc1. The van der Waals surface area contributed by atoms with E-state index in [1.807, 2.05) is 32.9 Å². The van der Waals surface area contributed by atoms with Crippen LogP contribution in [-0.2, 0) is 6.54 Å². The van der Waals surface area contributed by atoms with Crippen molar-refractivity contribution in [2.24, 2.45) is 5.41 Å². The number of hydrogen-bond acceptors (Lipinski definition) is 7. The monoisotopic (exact) mass is 421 g/mol. The summed E-state index contributed by atoms with van der Waals surface area (Å²) in [6, 6.07) is 10.8. The number of nitrogens with two attached hydrogens (primary N) is 1. The van der Waals surface area contributed by atoms with Crippen LogP contribution in [0.3, 0.4) is 0 Å². The zero-order chi connectivity index (χ0) is 22.2. The predicted molar refractivity (Wildman–Crippen MR) is 116 cm³/mol. The van der Waals surface area contributed by atoms with E-state index in [0.717, 1.165) is 5.56 Å². The van der Waals surface area contributed by atoms with Crippen molar-refractivity contribution in [3.8, 4) is 11.5 Å². The molecular weight excluding hydrogens is 398 g/mol. The van der Waals surface area contributed by atoms with E-state index in [0.29, 0.717) is 41.4 Å². The fourth-order valence-corrected chi connectivity index (χ4v) is 3.26. The molecule has 0 unspecified atom stereocenters. The highest BCUT2D eigenvalue weighted by molar-refractivity contribution is 5.86. The molecule has 4 aromatic rings. The average Bonchev–Trinajstić information content (AvgIpc) is 3.36. The van der Waals surface area contributed by atoms with Gasteiger partial charge >= 0.3 is 6.09 Å². The van der Waals surface area contributed by atoms with Crippen LogP contribution in [-0.4, -0.2) is 42.7 Å². The molecule has 0 aliphatic carbocycles. The molecule has 0 spiro atoms. The number of fused-ring (bicyclic) bond motifs is 1. The smallest absolute Gasteiger partial charge is 0.411 e. The number of hydrogen-bond donors (Lipinski definition) is 2. The van der Waals surface area contributed by atoms with Crippen LogP contribution in [0.1, 0.15) is 26.3 Å². The van der Waals surface area contributed by atoms with Crippen LogP contribution < -0.4 is 10.6 Å². The van der Waals surface area contributed by atoms with Crippen molar-refractivity contribution >= 4 is 28.9 Å². The number of carboxylic acid groups (broad SMARTS) is 1. The van der Waals surface area contributed by atoms with Gasteiger partial charge in [0.05, 0.1) is 12.8 Å². The fraction of sp³-hybridized carbons (Fsp3) is 0.286. The van der Waals surface area contributed by atoms with Crippen LogP contribution in [0.25, 0.3) is 22.6 Å². The van der Waals surface area contributed by atoms with E-state index in [9.17, 15) is 9.90 Å². The standard InChI is InChI=1S/C21H23N7O3/c1-21(2,3)12-27(20(29)30)14-8-6-13(7-9-14)11-28-18-17(25-26-28)16(23-19(22)24-18)15-5-4-10-31-15/h4-10H,11-12H2,1-3H3,(H,29,30)(H2,22,23,24). The van der Waals surface area contributed by atoms with E-state index < -0.39 is 6.09 Å². The number of nitrogens with zero attached hydrogens (tertiary/aromatic N) is 6. The highest BCUT2D eigenvalue weighted by Gasteiger charge is 2.22. The number of nitrogen functional groups attached to an aromatic ring is 1. The Bertz CT molecular complexity index is 1210. The minimum atomic E-state index is -0.984. The third-order valence-electron chi connectivity index (χ3n) is 4.58. The molecule has 160 valence electrons. The van der Waals surface area contributed by atoms with Gasteiger partial charge < -0.3 is 15.3 Å². The van der Waals surface area contributed by atoms with Crippen molar-refractivity contribution in [3.05, 3.63) is 48.2 Å². The Morgan fingerprint density at radius 3 is 2.55 bits per heavy atom. The molecular formula is C21H23N7O3. The first-order valence-corrected chi connectivity index (χ1v) is 9.71. The molecule has 4 rings (SSSR count). The number of amides is 1. The molecule has 0 saturated heterocycles. The molecule has 0 fully saturated rings. The van der Waals surface area contributed by atoms with Gasteiger partial charge in [-0.05, 0) is 35.2 Å². The second kappa shape index (κ2) is 7.71. The number of carbonyl (C=O) groups is 1. The van der Waals surface area contributed by atoms with E-state index in [2.05, 4.69) is 20.3 Å². The first kappa shape index (κ1) is 20.3. The lowest BCUT2D eigenvalue weighted by atomic mass is 9.96. The largest absolute Gasteiger partial charge is 0.465 e. The van der Waals surface area contributed by atoms with E-state index >= 15 is 0 Å². The molecule has 31 heavy (non-hydrogen) atoms. The maximum atomic E-state index is 11.7. The summed E-state index contributed by atoms with van der Waals surface area (Å²) in [5.74, 6) is 0.625. The van der Waals surface area contributed by atoms with Gasteiger partial charge in [-0.3, -0.25) is 4.90 Å². The Morgan fingerprint density at radius 1 is 1.19 bits per heavy atom. The van der Waals surface area contributed by atoms with Gasteiger partial charge in [0.1, 0.15) is 5.69 Å². The summed E-state index contributed by atoms with van der Waals surface area (Å²) in [6.07, 6.45) is 0.563. The van der Waals surface area contributed by atoms with E-state index in [1.165, 1.54) is 4.90 Å². The van der Waals surface area contributed by atoms with Gasteiger partial charge in [-0.2, -0.15) is 4.98 Å². The maximum Gasteiger partial charge on any atom is 0.411 e. The van der Waals surface area contributed by atoms with Gasteiger partial charge in [-0.15, -0.1) is 5.10 Å². The Balaban J connectivity index is 1.62. The highest BCUT2D eigenvalue weighted by Crippen LogP contribution is 2.26. The molecule has 0 radical (unpaired) electrons. The summed E-state index contributed by atoms with van der Waals surface area (Å²) >= 11 is 0. The lowest BCUT2D eigenvalue weighted by Crippen LogP contribution is -2.36. The summed E-state index contributed by atoms with van der Waals surface area (Å²) in [6.45, 7) is 6.77. The highest BCUT2D eigenvalue weighted by atomic mass is 16.4. The first-order chi connectivity index (χ1) is 14.7. The molecule has 0 bridgehead atoms. The molecule has 3 N–H and O–H groups in total. The lowest BCUT2D eigenvalue weighted by Gasteiger charge is -2.27. The topological polar surface area (TPSA) is 136 Å². The lowest BCUT2D eigenvalue weighted by molar-refractivity contribution is 0.198. The molecule has 1 aromatic carbocycles. The van der Waals surface area contributed by atoms with Crippen molar-refractivity contribution in [2.75, 3.05) is 17.2 Å². The maximum absolute atomic E-state index is 11.7. The Hall–Kier alpha value is -3.95. The normalized spacial score (nSPS) is 11.7.